The van der Waals surface area contributed by atoms with Crippen LogP contribution in [0, 0.1) is 0 Å². The Balaban J connectivity index is 1.49. The molecule has 4 aromatic rings. The quantitative estimate of drug-likeness (QED) is 0.563. The summed E-state index contributed by atoms with van der Waals surface area (Å²) in [6.07, 6.45) is 5.46. The first-order valence-electron chi connectivity index (χ1n) is 9.41. The number of nitrogens with zero attached hydrogens (tertiary/aromatic N) is 3. The first-order chi connectivity index (χ1) is 14.7. The molecule has 8 heteroatoms. The zero-order chi connectivity index (χ0) is 20.5. The van der Waals surface area contributed by atoms with Crippen molar-refractivity contribution in [2.24, 2.45) is 0 Å². The minimum Gasteiger partial charge on any atom is -0.495 e. The Morgan fingerprint density at radius 2 is 2.07 bits per heavy atom. The van der Waals surface area contributed by atoms with Crippen LogP contribution in [0.5, 0.6) is 17.2 Å². The first kappa shape index (κ1) is 18.0. The lowest BCUT2D eigenvalue weighted by molar-refractivity contribution is 0.101. The van der Waals surface area contributed by atoms with Crippen LogP contribution >= 0.6 is 0 Å². The number of imidazole rings is 1. The molecule has 3 heterocycles. The van der Waals surface area contributed by atoms with E-state index in [0.717, 1.165) is 11.3 Å². The Bertz CT molecular complexity index is 1220. The highest BCUT2D eigenvalue weighted by Gasteiger charge is 2.21. The van der Waals surface area contributed by atoms with Crippen molar-refractivity contribution in [2.45, 2.75) is 0 Å². The van der Waals surface area contributed by atoms with E-state index in [-0.39, 0.29) is 5.91 Å². The van der Waals surface area contributed by atoms with Crippen LogP contribution in [-0.4, -0.2) is 40.6 Å². The van der Waals surface area contributed by atoms with E-state index in [4.69, 9.17) is 14.2 Å². The fraction of sp³-hybridized carbons (Fsp3) is 0.136. The summed E-state index contributed by atoms with van der Waals surface area (Å²) in [5.41, 5.74) is 2.49. The third kappa shape index (κ3) is 3.18. The topological polar surface area (TPSA) is 87.0 Å². The Labute approximate surface area is 172 Å². The molecule has 1 N–H and O–H groups in total. The van der Waals surface area contributed by atoms with E-state index >= 15 is 0 Å². The number of hydrogen-bond acceptors (Lipinski definition) is 6. The molecule has 1 amide bonds. The number of methoxy groups -OCH3 is 1. The first-order valence-corrected chi connectivity index (χ1v) is 9.41. The van der Waals surface area contributed by atoms with Gasteiger partial charge in [0.15, 0.2) is 11.5 Å². The molecule has 0 fully saturated rings. The Morgan fingerprint density at radius 1 is 1.17 bits per heavy atom. The van der Waals surface area contributed by atoms with Gasteiger partial charge in [-0.25, -0.2) is 9.97 Å². The number of aromatic nitrogens is 3. The predicted octanol–water partition coefficient (Wildman–Crippen LogP) is 3.43. The SMILES string of the molecule is COc1ccc(-c2cn3cccnc3n2)cc1NC(=O)c1cccc2c1OCCO2. The predicted molar refractivity (Wildman–Crippen MR) is 110 cm³/mol. The number of ether oxygens (including phenoxy) is 3. The number of amides is 1. The third-order valence-electron chi connectivity index (χ3n) is 4.79. The highest BCUT2D eigenvalue weighted by atomic mass is 16.6. The van der Waals surface area contributed by atoms with Gasteiger partial charge in [0.05, 0.1) is 24.1 Å². The molecule has 0 aliphatic carbocycles. The number of rotatable bonds is 4. The fourth-order valence-corrected chi connectivity index (χ4v) is 3.38. The van der Waals surface area contributed by atoms with Gasteiger partial charge in [-0.3, -0.25) is 9.20 Å². The van der Waals surface area contributed by atoms with Gasteiger partial charge in [0.2, 0.25) is 5.78 Å². The lowest BCUT2D eigenvalue weighted by Crippen LogP contribution is -2.20. The molecule has 5 rings (SSSR count). The number of anilines is 1. The normalized spacial score (nSPS) is 12.6. The van der Waals surface area contributed by atoms with E-state index in [0.29, 0.717) is 47.5 Å². The zero-order valence-electron chi connectivity index (χ0n) is 16.2. The number of para-hydroxylation sites is 1. The molecular weight excluding hydrogens is 384 g/mol. The van der Waals surface area contributed by atoms with E-state index in [1.165, 1.54) is 0 Å². The van der Waals surface area contributed by atoms with Crippen LogP contribution in [0.2, 0.25) is 0 Å². The maximum absolute atomic E-state index is 13.0. The lowest BCUT2D eigenvalue weighted by atomic mass is 10.1. The molecule has 2 aromatic carbocycles. The molecule has 1 aliphatic rings. The number of hydrogen-bond donors (Lipinski definition) is 1. The number of nitrogens with one attached hydrogen (secondary N) is 1. The fourth-order valence-electron chi connectivity index (χ4n) is 3.38. The molecule has 0 unspecified atom stereocenters. The minimum atomic E-state index is -0.315. The van der Waals surface area contributed by atoms with Gasteiger partial charge in [0.25, 0.3) is 5.91 Å². The van der Waals surface area contributed by atoms with Gasteiger partial charge in [-0.15, -0.1) is 0 Å². The van der Waals surface area contributed by atoms with Gasteiger partial charge >= 0.3 is 0 Å². The molecule has 0 saturated carbocycles. The monoisotopic (exact) mass is 402 g/mol. The van der Waals surface area contributed by atoms with Crippen molar-refractivity contribution in [3.05, 3.63) is 66.6 Å². The average molecular weight is 402 g/mol. The van der Waals surface area contributed by atoms with Crippen LogP contribution in [0.1, 0.15) is 10.4 Å². The van der Waals surface area contributed by atoms with Gasteiger partial charge in [-0.1, -0.05) is 6.07 Å². The van der Waals surface area contributed by atoms with Gasteiger partial charge in [-0.05, 0) is 36.4 Å². The van der Waals surface area contributed by atoms with Crippen LogP contribution in [-0.2, 0) is 0 Å². The van der Waals surface area contributed by atoms with Gasteiger partial charge in [0.1, 0.15) is 19.0 Å². The molecule has 8 nitrogen and oxygen atoms in total. The van der Waals surface area contributed by atoms with Gasteiger partial charge < -0.3 is 19.5 Å². The second-order valence-electron chi connectivity index (χ2n) is 6.65. The summed E-state index contributed by atoms with van der Waals surface area (Å²) in [6.45, 7) is 0.861. The smallest absolute Gasteiger partial charge is 0.259 e. The van der Waals surface area contributed by atoms with Crippen molar-refractivity contribution in [3.8, 4) is 28.5 Å². The van der Waals surface area contributed by atoms with Crippen molar-refractivity contribution in [1.82, 2.24) is 14.4 Å². The Hall–Kier alpha value is -4.07. The van der Waals surface area contributed by atoms with Crippen molar-refractivity contribution in [3.63, 3.8) is 0 Å². The number of fused-ring (bicyclic) bond motifs is 2. The summed E-state index contributed by atoms with van der Waals surface area (Å²) in [6, 6.07) is 12.6. The van der Waals surface area contributed by atoms with Gasteiger partial charge in [0, 0.05) is 24.2 Å². The Kier molecular flexibility index (Phi) is 4.44. The van der Waals surface area contributed by atoms with Crippen LogP contribution in [0.3, 0.4) is 0 Å². The second kappa shape index (κ2) is 7.40. The second-order valence-corrected chi connectivity index (χ2v) is 6.65. The van der Waals surface area contributed by atoms with E-state index in [9.17, 15) is 4.79 Å². The molecule has 0 atom stereocenters. The van der Waals surface area contributed by atoms with Crippen LogP contribution in [0.25, 0.3) is 17.0 Å². The molecule has 0 saturated heterocycles. The van der Waals surface area contributed by atoms with Crippen molar-refractivity contribution in [2.75, 3.05) is 25.6 Å². The molecule has 1 aliphatic heterocycles. The maximum atomic E-state index is 13.0. The Morgan fingerprint density at radius 3 is 2.93 bits per heavy atom. The van der Waals surface area contributed by atoms with Crippen LogP contribution in [0.15, 0.2) is 61.1 Å². The van der Waals surface area contributed by atoms with Crippen molar-refractivity contribution < 1.29 is 19.0 Å². The third-order valence-corrected chi connectivity index (χ3v) is 4.79. The van der Waals surface area contributed by atoms with E-state index in [1.54, 1.807) is 37.6 Å². The molecule has 30 heavy (non-hydrogen) atoms. The summed E-state index contributed by atoms with van der Waals surface area (Å²) >= 11 is 0. The number of benzene rings is 2. The summed E-state index contributed by atoms with van der Waals surface area (Å²) in [4.78, 5) is 21.8. The van der Waals surface area contributed by atoms with Crippen molar-refractivity contribution in [1.29, 1.82) is 0 Å². The van der Waals surface area contributed by atoms with E-state index in [2.05, 4.69) is 15.3 Å². The minimum absolute atomic E-state index is 0.315. The summed E-state index contributed by atoms with van der Waals surface area (Å²) in [5.74, 6) is 1.83. The van der Waals surface area contributed by atoms with Crippen molar-refractivity contribution >= 4 is 17.4 Å². The van der Waals surface area contributed by atoms with E-state index in [1.807, 2.05) is 35.0 Å². The standard InChI is InChI=1S/C22H18N4O4/c1-28-18-7-6-14(17-13-26-9-3-8-23-22(26)25-17)12-16(18)24-21(27)15-4-2-5-19-20(15)30-11-10-29-19/h2-9,12-13H,10-11H2,1H3,(H,24,27). The molecule has 150 valence electrons. The number of carbonyl (C=O) groups excluding carboxylic acids is 1. The lowest BCUT2D eigenvalue weighted by Gasteiger charge is -2.20. The molecule has 2 aromatic heterocycles. The van der Waals surface area contributed by atoms with Crippen LogP contribution in [0.4, 0.5) is 5.69 Å². The zero-order valence-corrected chi connectivity index (χ0v) is 16.2. The number of carbonyl (C=O) groups is 1. The van der Waals surface area contributed by atoms with Crippen LogP contribution < -0.4 is 19.5 Å². The summed E-state index contributed by atoms with van der Waals surface area (Å²) in [5, 5.41) is 2.92. The summed E-state index contributed by atoms with van der Waals surface area (Å²) in [7, 11) is 1.56. The average Bonchev–Trinajstić information content (AvgIpc) is 3.23. The molecular formula is C22H18N4O4. The molecule has 0 radical (unpaired) electrons. The van der Waals surface area contributed by atoms with Gasteiger partial charge in [-0.2, -0.15) is 0 Å². The highest BCUT2D eigenvalue weighted by Crippen LogP contribution is 2.35. The van der Waals surface area contributed by atoms with E-state index < -0.39 is 0 Å². The highest BCUT2D eigenvalue weighted by molar-refractivity contribution is 6.07. The summed E-state index contributed by atoms with van der Waals surface area (Å²) < 4.78 is 18.5. The molecule has 0 spiro atoms. The largest absolute Gasteiger partial charge is 0.495 e. The maximum Gasteiger partial charge on any atom is 0.259 e. The molecule has 0 bridgehead atoms.